The highest BCUT2D eigenvalue weighted by Gasteiger charge is 2.24. The van der Waals surface area contributed by atoms with Crippen LogP contribution in [0.3, 0.4) is 0 Å². The number of carbonyl (C=O) groups is 2. The summed E-state index contributed by atoms with van der Waals surface area (Å²) in [7, 11) is 3.30. The number of piperazine rings is 1. The van der Waals surface area contributed by atoms with Crippen molar-refractivity contribution in [2.24, 2.45) is 0 Å². The number of rotatable bonds is 9. The van der Waals surface area contributed by atoms with Crippen LogP contribution in [0.2, 0.25) is 0 Å². The van der Waals surface area contributed by atoms with Gasteiger partial charge in [0.1, 0.15) is 11.5 Å². The third kappa shape index (κ3) is 5.74. The molecule has 0 unspecified atom stereocenters. The van der Waals surface area contributed by atoms with E-state index in [0.717, 1.165) is 47.2 Å². The van der Waals surface area contributed by atoms with E-state index in [2.05, 4.69) is 4.90 Å². The van der Waals surface area contributed by atoms with Crippen molar-refractivity contribution in [3.63, 3.8) is 0 Å². The van der Waals surface area contributed by atoms with Gasteiger partial charge in [0.2, 0.25) is 5.91 Å². The van der Waals surface area contributed by atoms with Gasteiger partial charge in [-0.25, -0.2) is 4.79 Å². The zero-order valence-corrected chi connectivity index (χ0v) is 22.0. The number of benzene rings is 2. The first-order valence-corrected chi connectivity index (χ1v) is 12.6. The molecule has 0 radical (unpaired) electrons. The van der Waals surface area contributed by atoms with Gasteiger partial charge in [0.25, 0.3) is 0 Å². The predicted molar refractivity (Wildman–Crippen MR) is 144 cm³/mol. The maximum absolute atomic E-state index is 13.2. The van der Waals surface area contributed by atoms with E-state index in [9.17, 15) is 9.59 Å². The number of para-hydroxylation sites is 2. The Bertz CT molecular complexity index is 1230. The molecule has 0 bridgehead atoms. The number of nitrogens with zero attached hydrogens (tertiary/aromatic N) is 3. The van der Waals surface area contributed by atoms with Gasteiger partial charge in [0.05, 0.1) is 32.1 Å². The first-order valence-electron chi connectivity index (χ1n) is 12.6. The number of ether oxygens (including phenoxy) is 3. The molecule has 1 fully saturated rings. The summed E-state index contributed by atoms with van der Waals surface area (Å²) < 4.78 is 18.1. The summed E-state index contributed by atoms with van der Waals surface area (Å²) in [5.74, 6) is 1.35. The zero-order valence-electron chi connectivity index (χ0n) is 22.0. The van der Waals surface area contributed by atoms with Crippen molar-refractivity contribution in [2.75, 3.05) is 51.9 Å². The lowest BCUT2D eigenvalue weighted by Gasteiger charge is -2.36. The third-order valence-electron chi connectivity index (χ3n) is 6.86. The molecule has 1 amide bonds. The van der Waals surface area contributed by atoms with Crippen molar-refractivity contribution in [2.45, 2.75) is 26.8 Å². The molecule has 1 aromatic heterocycles. The average molecular weight is 506 g/mol. The van der Waals surface area contributed by atoms with Crippen LogP contribution in [0.5, 0.6) is 11.5 Å². The molecule has 2 heterocycles. The van der Waals surface area contributed by atoms with E-state index in [1.807, 2.05) is 71.0 Å². The fourth-order valence-electron chi connectivity index (χ4n) is 4.80. The molecule has 4 rings (SSSR count). The number of carbonyl (C=O) groups excluding carboxylic acids is 2. The Kier molecular flexibility index (Phi) is 8.38. The topological polar surface area (TPSA) is 73.2 Å². The zero-order chi connectivity index (χ0) is 26.4. The quantitative estimate of drug-likeness (QED) is 0.402. The summed E-state index contributed by atoms with van der Waals surface area (Å²) in [6.07, 6.45) is 0.343. The second kappa shape index (κ2) is 11.9. The Morgan fingerprint density at radius 1 is 0.919 bits per heavy atom. The van der Waals surface area contributed by atoms with Crippen LogP contribution in [0.15, 0.2) is 54.6 Å². The SMILES string of the molecule is CCOC(=O)c1cc(-c2ccc(OC)cc2)n(CCC(=O)N2CCN(c3ccccc3OC)CC2)c1C. The predicted octanol–water partition coefficient (Wildman–Crippen LogP) is 4.40. The molecule has 37 heavy (non-hydrogen) atoms. The molecule has 1 saturated heterocycles. The average Bonchev–Trinajstić information content (AvgIpc) is 3.27. The van der Waals surface area contributed by atoms with E-state index in [1.165, 1.54) is 0 Å². The van der Waals surface area contributed by atoms with Crippen LogP contribution in [-0.4, -0.2) is 68.3 Å². The van der Waals surface area contributed by atoms with Crippen LogP contribution in [0.25, 0.3) is 11.3 Å². The fourth-order valence-corrected chi connectivity index (χ4v) is 4.80. The summed E-state index contributed by atoms with van der Waals surface area (Å²) in [6, 6.07) is 17.5. The number of anilines is 1. The minimum atomic E-state index is -0.354. The second-order valence-corrected chi connectivity index (χ2v) is 8.92. The largest absolute Gasteiger partial charge is 0.497 e. The standard InChI is InChI=1S/C29H35N3O5/c1-5-37-29(34)24-20-26(22-10-12-23(35-3)13-11-22)32(21(24)2)15-14-28(33)31-18-16-30(17-19-31)25-8-6-7-9-27(25)36-4/h6-13,20H,5,14-19H2,1-4H3. The van der Waals surface area contributed by atoms with Crippen molar-refractivity contribution >= 4 is 17.6 Å². The van der Waals surface area contributed by atoms with Gasteiger partial charge in [-0.15, -0.1) is 0 Å². The van der Waals surface area contributed by atoms with E-state index >= 15 is 0 Å². The van der Waals surface area contributed by atoms with Gasteiger partial charge in [-0.3, -0.25) is 4.79 Å². The smallest absolute Gasteiger partial charge is 0.339 e. The summed E-state index contributed by atoms with van der Waals surface area (Å²) >= 11 is 0. The second-order valence-electron chi connectivity index (χ2n) is 8.92. The van der Waals surface area contributed by atoms with E-state index in [1.54, 1.807) is 21.1 Å². The number of aromatic nitrogens is 1. The minimum absolute atomic E-state index is 0.103. The van der Waals surface area contributed by atoms with Crippen LogP contribution < -0.4 is 14.4 Å². The van der Waals surface area contributed by atoms with Gasteiger partial charge in [-0.2, -0.15) is 0 Å². The molecule has 0 spiro atoms. The Labute approximate surface area is 218 Å². The van der Waals surface area contributed by atoms with Gasteiger partial charge in [-0.05, 0) is 61.9 Å². The molecule has 0 saturated carbocycles. The lowest BCUT2D eigenvalue weighted by Crippen LogP contribution is -2.49. The molecular formula is C29H35N3O5. The molecule has 2 aromatic carbocycles. The number of hydrogen-bond acceptors (Lipinski definition) is 6. The van der Waals surface area contributed by atoms with E-state index in [-0.39, 0.29) is 11.9 Å². The minimum Gasteiger partial charge on any atom is -0.497 e. The molecule has 0 N–H and O–H groups in total. The Morgan fingerprint density at radius 2 is 1.62 bits per heavy atom. The highest BCUT2D eigenvalue weighted by Crippen LogP contribution is 2.30. The highest BCUT2D eigenvalue weighted by atomic mass is 16.5. The monoisotopic (exact) mass is 505 g/mol. The van der Waals surface area contributed by atoms with Crippen LogP contribution >= 0.6 is 0 Å². The van der Waals surface area contributed by atoms with Crippen molar-refractivity contribution < 1.29 is 23.8 Å². The molecular weight excluding hydrogens is 470 g/mol. The highest BCUT2D eigenvalue weighted by molar-refractivity contribution is 5.92. The van der Waals surface area contributed by atoms with E-state index in [0.29, 0.717) is 38.2 Å². The van der Waals surface area contributed by atoms with Gasteiger partial charge in [-0.1, -0.05) is 12.1 Å². The first kappa shape index (κ1) is 26.1. The van der Waals surface area contributed by atoms with Crippen molar-refractivity contribution in [3.8, 4) is 22.8 Å². The molecule has 8 heteroatoms. The summed E-state index contributed by atoms with van der Waals surface area (Å²) in [5, 5.41) is 0. The lowest BCUT2D eigenvalue weighted by atomic mass is 10.1. The molecule has 8 nitrogen and oxygen atoms in total. The fraction of sp³-hybridized carbons (Fsp3) is 0.379. The third-order valence-corrected chi connectivity index (χ3v) is 6.86. The summed E-state index contributed by atoms with van der Waals surface area (Å²) in [5.41, 5.74) is 4.17. The van der Waals surface area contributed by atoms with Crippen molar-refractivity contribution in [3.05, 3.63) is 65.9 Å². The van der Waals surface area contributed by atoms with E-state index in [4.69, 9.17) is 14.2 Å². The molecule has 1 aliphatic heterocycles. The van der Waals surface area contributed by atoms with E-state index < -0.39 is 0 Å². The van der Waals surface area contributed by atoms with Crippen LogP contribution in [0, 0.1) is 6.92 Å². The van der Waals surface area contributed by atoms with Crippen LogP contribution in [0.4, 0.5) is 5.69 Å². The number of methoxy groups -OCH3 is 2. The lowest BCUT2D eigenvalue weighted by molar-refractivity contribution is -0.131. The first-order chi connectivity index (χ1) is 18.0. The molecule has 0 atom stereocenters. The summed E-state index contributed by atoms with van der Waals surface area (Å²) in [4.78, 5) is 30.0. The maximum atomic E-state index is 13.2. The van der Waals surface area contributed by atoms with Crippen LogP contribution in [0.1, 0.15) is 29.4 Å². The molecule has 1 aliphatic rings. The van der Waals surface area contributed by atoms with Gasteiger partial charge in [0.15, 0.2) is 0 Å². The maximum Gasteiger partial charge on any atom is 0.339 e. The van der Waals surface area contributed by atoms with Crippen molar-refractivity contribution in [1.82, 2.24) is 9.47 Å². The number of esters is 1. The van der Waals surface area contributed by atoms with Crippen molar-refractivity contribution in [1.29, 1.82) is 0 Å². The number of amides is 1. The van der Waals surface area contributed by atoms with Gasteiger partial charge < -0.3 is 28.6 Å². The molecule has 3 aromatic rings. The summed E-state index contributed by atoms with van der Waals surface area (Å²) in [6.45, 7) is 7.27. The molecule has 0 aliphatic carbocycles. The normalized spacial score (nSPS) is 13.4. The Morgan fingerprint density at radius 3 is 2.27 bits per heavy atom. The molecule has 196 valence electrons. The number of hydrogen-bond donors (Lipinski definition) is 0. The van der Waals surface area contributed by atoms with Gasteiger partial charge in [0, 0.05) is 50.5 Å². The Balaban J connectivity index is 1.47. The Hall–Kier alpha value is -3.94. The van der Waals surface area contributed by atoms with Crippen LogP contribution in [-0.2, 0) is 16.1 Å². The van der Waals surface area contributed by atoms with Gasteiger partial charge >= 0.3 is 5.97 Å².